The van der Waals surface area contributed by atoms with Gasteiger partial charge >= 0.3 is 0 Å². The lowest BCUT2D eigenvalue weighted by molar-refractivity contribution is -0.459. The van der Waals surface area contributed by atoms with Crippen molar-refractivity contribution in [2.45, 2.75) is 6.92 Å². The van der Waals surface area contributed by atoms with Gasteiger partial charge in [0.15, 0.2) is 6.21 Å². The van der Waals surface area contributed by atoms with Crippen molar-refractivity contribution in [2.75, 3.05) is 41.8 Å². The summed E-state index contributed by atoms with van der Waals surface area (Å²) in [7, 11) is 10.2. The van der Waals surface area contributed by atoms with Gasteiger partial charge in [-0.15, -0.1) is 0 Å². The van der Waals surface area contributed by atoms with Crippen LogP contribution in [0.1, 0.15) is 6.92 Å². The normalized spacial score (nSPS) is 11.1. The van der Waals surface area contributed by atoms with Crippen LogP contribution in [-0.2, 0) is 0 Å². The first-order valence-electron chi connectivity index (χ1n) is 4.58. The molecule has 0 atom stereocenters. The van der Waals surface area contributed by atoms with Crippen molar-refractivity contribution >= 4 is 6.21 Å². The van der Waals surface area contributed by atoms with E-state index in [2.05, 4.69) is 40.8 Å². The standard InChI is InChI=1S/C10H22N3/c1-7-13(6)10(8-11(2)3)9-12(4)5/h8-9H,7H2,1-6H3/q+1. The van der Waals surface area contributed by atoms with E-state index in [1.54, 1.807) is 0 Å². The van der Waals surface area contributed by atoms with E-state index in [1.807, 2.05) is 28.2 Å². The maximum absolute atomic E-state index is 2.21. The van der Waals surface area contributed by atoms with Gasteiger partial charge in [0.25, 0.3) is 0 Å². The van der Waals surface area contributed by atoms with Crippen LogP contribution in [0.5, 0.6) is 0 Å². The summed E-state index contributed by atoms with van der Waals surface area (Å²) in [5.74, 6) is 0. The molecule has 0 bridgehead atoms. The van der Waals surface area contributed by atoms with Gasteiger partial charge in [-0.05, 0) is 6.92 Å². The minimum Gasteiger partial charge on any atom is -0.382 e. The molecule has 0 rings (SSSR count). The molecule has 0 saturated heterocycles. The number of hydrogen-bond acceptors (Lipinski definition) is 2. The van der Waals surface area contributed by atoms with E-state index in [0.717, 1.165) is 6.54 Å². The predicted molar refractivity (Wildman–Crippen MR) is 58.2 cm³/mol. The molecule has 0 radical (unpaired) electrons. The Balaban J connectivity index is 4.65. The summed E-state index contributed by atoms with van der Waals surface area (Å²) in [6, 6.07) is 0. The average molecular weight is 184 g/mol. The topological polar surface area (TPSA) is 9.49 Å². The van der Waals surface area contributed by atoms with E-state index < -0.39 is 0 Å². The van der Waals surface area contributed by atoms with Crippen LogP contribution in [0.2, 0.25) is 0 Å². The van der Waals surface area contributed by atoms with Crippen LogP contribution in [0.3, 0.4) is 0 Å². The van der Waals surface area contributed by atoms with E-state index >= 15 is 0 Å². The lowest BCUT2D eigenvalue weighted by Crippen LogP contribution is -2.22. The summed E-state index contributed by atoms with van der Waals surface area (Å²) in [6.07, 6.45) is 4.23. The van der Waals surface area contributed by atoms with Crippen LogP contribution in [0.15, 0.2) is 11.9 Å². The minimum absolute atomic E-state index is 1.02. The molecular formula is C10H22N3+. The summed E-state index contributed by atoms with van der Waals surface area (Å²) >= 11 is 0. The molecule has 0 aliphatic heterocycles. The lowest BCUT2D eigenvalue weighted by Gasteiger charge is -2.18. The van der Waals surface area contributed by atoms with Crippen molar-refractivity contribution < 1.29 is 4.58 Å². The second kappa shape index (κ2) is 5.62. The first-order valence-corrected chi connectivity index (χ1v) is 4.58. The SMILES string of the molecule is CCN(C)C(=CN(C)C)C=[N+](C)C. The molecule has 0 aliphatic rings. The second-order valence-corrected chi connectivity index (χ2v) is 3.62. The fraction of sp³-hybridized carbons (Fsp3) is 0.700. The molecule has 0 unspecified atom stereocenters. The Bertz CT molecular complexity index is 200. The molecule has 13 heavy (non-hydrogen) atoms. The van der Waals surface area contributed by atoms with E-state index in [9.17, 15) is 0 Å². The molecule has 0 amide bonds. The monoisotopic (exact) mass is 184 g/mol. The second-order valence-electron chi connectivity index (χ2n) is 3.62. The fourth-order valence-electron chi connectivity index (χ4n) is 0.942. The van der Waals surface area contributed by atoms with Crippen molar-refractivity contribution in [3.8, 4) is 0 Å². The first-order chi connectivity index (χ1) is 5.97. The highest BCUT2D eigenvalue weighted by molar-refractivity contribution is 5.73. The largest absolute Gasteiger partial charge is 0.382 e. The highest BCUT2D eigenvalue weighted by atomic mass is 15.1. The maximum Gasteiger partial charge on any atom is 0.188 e. The van der Waals surface area contributed by atoms with Crippen molar-refractivity contribution in [3.05, 3.63) is 11.9 Å². The van der Waals surface area contributed by atoms with E-state index in [4.69, 9.17) is 0 Å². The number of rotatable bonds is 4. The van der Waals surface area contributed by atoms with Crippen LogP contribution < -0.4 is 0 Å². The summed E-state index contributed by atoms with van der Waals surface area (Å²) in [5, 5.41) is 0. The summed E-state index contributed by atoms with van der Waals surface area (Å²) < 4.78 is 2.06. The Kier molecular flexibility index (Phi) is 5.19. The molecule has 0 aromatic heterocycles. The number of hydrogen-bond donors (Lipinski definition) is 0. The molecule has 0 aromatic rings. The van der Waals surface area contributed by atoms with Crippen LogP contribution >= 0.6 is 0 Å². The van der Waals surface area contributed by atoms with Gasteiger partial charge < -0.3 is 9.80 Å². The van der Waals surface area contributed by atoms with Gasteiger partial charge in [-0.25, -0.2) is 4.58 Å². The summed E-state index contributed by atoms with van der Waals surface area (Å²) in [6.45, 7) is 3.16. The van der Waals surface area contributed by atoms with Crippen LogP contribution in [-0.4, -0.2) is 62.4 Å². The van der Waals surface area contributed by atoms with E-state index in [-0.39, 0.29) is 0 Å². The highest BCUT2D eigenvalue weighted by Gasteiger charge is 2.03. The molecule has 3 heteroatoms. The zero-order valence-corrected chi connectivity index (χ0v) is 9.70. The number of nitrogens with zero attached hydrogens (tertiary/aromatic N) is 3. The van der Waals surface area contributed by atoms with Gasteiger partial charge in [0.2, 0.25) is 0 Å². The van der Waals surface area contributed by atoms with Gasteiger partial charge in [-0.1, -0.05) is 0 Å². The van der Waals surface area contributed by atoms with Crippen LogP contribution in [0.4, 0.5) is 0 Å². The Hall–Kier alpha value is -0.990. The molecule has 0 aliphatic carbocycles. The van der Waals surface area contributed by atoms with E-state index in [1.165, 1.54) is 5.70 Å². The predicted octanol–water partition coefficient (Wildman–Crippen LogP) is 0.684. The summed E-state index contributed by atoms with van der Waals surface area (Å²) in [4.78, 5) is 4.27. The van der Waals surface area contributed by atoms with Crippen molar-refractivity contribution in [1.29, 1.82) is 0 Å². The van der Waals surface area contributed by atoms with E-state index in [0.29, 0.717) is 0 Å². The smallest absolute Gasteiger partial charge is 0.188 e. The zero-order chi connectivity index (χ0) is 10.4. The molecule has 0 heterocycles. The Morgan fingerprint density at radius 1 is 1.23 bits per heavy atom. The molecule has 76 valence electrons. The molecule has 0 fully saturated rings. The van der Waals surface area contributed by atoms with Crippen molar-refractivity contribution in [1.82, 2.24) is 9.80 Å². The Labute approximate surface area is 82.0 Å². The molecule has 0 N–H and O–H groups in total. The van der Waals surface area contributed by atoms with Gasteiger partial charge in [0.1, 0.15) is 19.8 Å². The molecule has 3 nitrogen and oxygen atoms in total. The quantitative estimate of drug-likeness (QED) is 0.469. The Morgan fingerprint density at radius 2 is 1.77 bits per heavy atom. The van der Waals surface area contributed by atoms with Gasteiger partial charge in [-0.2, -0.15) is 0 Å². The summed E-state index contributed by atoms with van der Waals surface area (Å²) in [5.41, 5.74) is 1.22. The average Bonchev–Trinajstić information content (AvgIpc) is 2.00. The third-order valence-electron chi connectivity index (χ3n) is 1.70. The highest BCUT2D eigenvalue weighted by Crippen LogP contribution is 1.98. The lowest BCUT2D eigenvalue weighted by atomic mass is 10.4. The van der Waals surface area contributed by atoms with Crippen molar-refractivity contribution in [3.63, 3.8) is 0 Å². The van der Waals surface area contributed by atoms with Gasteiger partial charge in [0.05, 0.1) is 0 Å². The van der Waals surface area contributed by atoms with Crippen molar-refractivity contribution in [2.24, 2.45) is 0 Å². The third-order valence-corrected chi connectivity index (χ3v) is 1.70. The Morgan fingerprint density at radius 3 is 2.08 bits per heavy atom. The minimum atomic E-state index is 1.02. The first kappa shape index (κ1) is 12.0. The van der Waals surface area contributed by atoms with Gasteiger partial charge in [0, 0.05) is 33.9 Å². The molecule has 0 spiro atoms. The van der Waals surface area contributed by atoms with Gasteiger partial charge in [-0.3, -0.25) is 0 Å². The van der Waals surface area contributed by atoms with Crippen LogP contribution in [0, 0.1) is 0 Å². The molecule has 0 aromatic carbocycles. The third kappa shape index (κ3) is 5.28. The number of allylic oxidation sites excluding steroid dienone is 1. The fourth-order valence-corrected chi connectivity index (χ4v) is 0.942. The molecule has 0 saturated carbocycles. The van der Waals surface area contributed by atoms with Crippen LogP contribution in [0.25, 0.3) is 0 Å². The maximum atomic E-state index is 2.21. The molecular weight excluding hydrogens is 162 g/mol. The zero-order valence-electron chi connectivity index (χ0n) is 9.70.